The largest absolute Gasteiger partial charge is 1.00 e. The molecule has 0 heterocycles. The van der Waals surface area contributed by atoms with Gasteiger partial charge in [-0.2, -0.15) is 0 Å². The van der Waals surface area contributed by atoms with Gasteiger partial charge in [-0.1, -0.05) is 19.3 Å². The average molecular weight is 170 g/mol. The third-order valence-electron chi connectivity index (χ3n) is 1.94. The fourth-order valence-corrected chi connectivity index (χ4v) is 2.22. The predicted molar refractivity (Wildman–Crippen MR) is 35.9 cm³/mol. The molecule has 2 nitrogen and oxygen atoms in total. The predicted octanol–water partition coefficient (Wildman–Crippen LogP) is -1.84. The first-order valence-electron chi connectivity index (χ1n) is 3.51. The summed E-state index contributed by atoms with van der Waals surface area (Å²) < 4.78 is 10.4. The number of hydrogen-bond acceptors (Lipinski definition) is 2. The Hall–Kier alpha value is 1.19. The van der Waals surface area contributed by atoms with Crippen LogP contribution in [0.1, 0.15) is 32.1 Å². The van der Waals surface area contributed by atoms with Gasteiger partial charge in [0.1, 0.15) is 0 Å². The molecule has 0 spiro atoms. The molecule has 1 aliphatic rings. The average Bonchev–Trinajstić information content (AvgIpc) is 1.90. The minimum absolute atomic E-state index is 0. The molecule has 0 aromatic heterocycles. The Morgan fingerprint density at radius 1 is 1.20 bits per heavy atom. The van der Waals surface area contributed by atoms with Crippen molar-refractivity contribution < 1.29 is 39.0 Å². The summed E-state index contributed by atoms with van der Waals surface area (Å²) in [4.78, 5) is 10.4. The molecule has 4 heteroatoms. The topological polar surface area (TPSA) is 40.1 Å². The maximum atomic E-state index is 10.4. The van der Waals surface area contributed by atoms with Crippen LogP contribution in [0.2, 0.25) is 0 Å². The van der Waals surface area contributed by atoms with Crippen molar-refractivity contribution in [1.82, 2.24) is 0 Å². The van der Waals surface area contributed by atoms with Crippen LogP contribution < -0.4 is 34.5 Å². The van der Waals surface area contributed by atoms with Crippen LogP contribution in [0.3, 0.4) is 0 Å². The third kappa shape index (κ3) is 3.54. The van der Waals surface area contributed by atoms with Gasteiger partial charge in [-0.05, 0) is 18.5 Å². The van der Waals surface area contributed by atoms with Crippen molar-refractivity contribution in [2.45, 2.75) is 37.8 Å². The van der Waals surface area contributed by atoms with E-state index in [1.807, 2.05) is 0 Å². The molecule has 0 bridgehead atoms. The Bertz CT molecular complexity index is 112. The minimum Gasteiger partial charge on any atom is -0.801 e. The summed E-state index contributed by atoms with van der Waals surface area (Å²) in [6.45, 7) is 0. The van der Waals surface area contributed by atoms with Gasteiger partial charge in [0.2, 0.25) is 0 Å². The van der Waals surface area contributed by atoms with Gasteiger partial charge < -0.3 is 9.46 Å². The van der Waals surface area contributed by atoms with E-state index in [2.05, 4.69) is 0 Å². The summed E-state index contributed by atoms with van der Waals surface area (Å²) in [7, 11) is -2.44. The fourth-order valence-electron chi connectivity index (χ4n) is 1.34. The maximum absolute atomic E-state index is 10.4. The Balaban J connectivity index is 0.000000810. The third-order valence-corrected chi connectivity index (χ3v) is 3.18. The van der Waals surface area contributed by atoms with E-state index in [4.69, 9.17) is 0 Å². The van der Waals surface area contributed by atoms with Gasteiger partial charge in [0.25, 0.3) is 0 Å². The maximum Gasteiger partial charge on any atom is 1.00 e. The summed E-state index contributed by atoms with van der Waals surface area (Å²) in [5, 5.41) is 0. The van der Waals surface area contributed by atoms with Gasteiger partial charge in [0, 0.05) is 8.03 Å². The Labute approximate surface area is 84.6 Å². The van der Waals surface area contributed by atoms with Crippen LogP contribution in [-0.2, 0) is 4.57 Å². The van der Waals surface area contributed by atoms with Crippen molar-refractivity contribution in [2.75, 3.05) is 0 Å². The normalized spacial score (nSPS) is 23.3. The van der Waals surface area contributed by atoms with Crippen molar-refractivity contribution in [3.05, 3.63) is 0 Å². The van der Waals surface area contributed by atoms with E-state index in [1.54, 1.807) is 0 Å². The molecular weight excluding hydrogens is 158 g/mol. The van der Waals surface area contributed by atoms with Crippen LogP contribution in [0, 0.1) is 0 Å². The van der Waals surface area contributed by atoms with Crippen molar-refractivity contribution >= 4 is 8.03 Å². The van der Waals surface area contributed by atoms with E-state index >= 15 is 0 Å². The second-order valence-corrected chi connectivity index (χ2v) is 4.11. The molecule has 0 aromatic carbocycles. The van der Waals surface area contributed by atoms with Gasteiger partial charge in [-0.15, -0.1) is 0 Å². The molecule has 1 rings (SSSR count). The van der Waals surface area contributed by atoms with Crippen LogP contribution >= 0.6 is 8.03 Å². The van der Waals surface area contributed by atoms with Crippen LogP contribution in [0.25, 0.3) is 0 Å². The summed E-state index contributed by atoms with van der Waals surface area (Å²) in [5.74, 6) is 0. The van der Waals surface area contributed by atoms with Crippen LogP contribution in [0.5, 0.6) is 0 Å². The van der Waals surface area contributed by atoms with Gasteiger partial charge in [-0.25, -0.2) is 0 Å². The minimum atomic E-state index is -2.44. The molecule has 54 valence electrons. The summed E-state index contributed by atoms with van der Waals surface area (Å²) >= 11 is 0. The fraction of sp³-hybridized carbons (Fsp3) is 1.00. The Kier molecular flexibility index (Phi) is 6.48. The zero-order valence-corrected chi connectivity index (χ0v) is 9.43. The van der Waals surface area contributed by atoms with E-state index in [0.29, 0.717) is 0 Å². The number of rotatable bonds is 1. The molecule has 0 saturated heterocycles. The Morgan fingerprint density at radius 2 is 1.70 bits per heavy atom. The first-order valence-corrected chi connectivity index (χ1v) is 4.91. The summed E-state index contributed by atoms with van der Waals surface area (Å²) in [5.41, 5.74) is 0.0451. The molecule has 0 radical (unpaired) electrons. The van der Waals surface area contributed by atoms with E-state index in [0.717, 1.165) is 25.7 Å². The van der Waals surface area contributed by atoms with Gasteiger partial charge in [0.15, 0.2) is 0 Å². The van der Waals surface area contributed by atoms with Crippen LogP contribution in [0.15, 0.2) is 0 Å². The molecule has 1 unspecified atom stereocenters. The molecule has 0 amide bonds. The SMILES string of the molecule is O=[PH]([O-])C1CCCCC1.[Na+]. The molecule has 1 saturated carbocycles. The van der Waals surface area contributed by atoms with Crippen LogP contribution in [0.4, 0.5) is 0 Å². The van der Waals surface area contributed by atoms with E-state index in [1.165, 1.54) is 6.42 Å². The van der Waals surface area contributed by atoms with E-state index in [9.17, 15) is 9.46 Å². The molecule has 1 fully saturated rings. The number of hydrogen-bond donors (Lipinski definition) is 0. The first-order chi connectivity index (χ1) is 4.30. The molecule has 0 aliphatic heterocycles. The second kappa shape index (κ2) is 5.79. The quantitative estimate of drug-likeness (QED) is 0.342. The van der Waals surface area contributed by atoms with Crippen molar-refractivity contribution in [3.8, 4) is 0 Å². The zero-order valence-electron chi connectivity index (χ0n) is 6.43. The second-order valence-electron chi connectivity index (χ2n) is 2.65. The summed E-state index contributed by atoms with van der Waals surface area (Å²) in [6.07, 6.45) is 5.29. The zero-order chi connectivity index (χ0) is 6.69. The molecule has 0 aromatic rings. The van der Waals surface area contributed by atoms with Crippen molar-refractivity contribution in [3.63, 3.8) is 0 Å². The van der Waals surface area contributed by atoms with E-state index in [-0.39, 0.29) is 35.2 Å². The van der Waals surface area contributed by atoms with Gasteiger partial charge in [-0.3, -0.25) is 0 Å². The summed E-state index contributed by atoms with van der Waals surface area (Å²) in [6, 6.07) is 0. The van der Waals surface area contributed by atoms with Crippen LogP contribution in [-0.4, -0.2) is 5.66 Å². The molecular formula is C6H12NaO2P. The van der Waals surface area contributed by atoms with Gasteiger partial charge >= 0.3 is 29.6 Å². The van der Waals surface area contributed by atoms with Crippen molar-refractivity contribution in [2.24, 2.45) is 0 Å². The molecule has 0 N–H and O–H groups in total. The van der Waals surface area contributed by atoms with Gasteiger partial charge in [0.05, 0.1) is 0 Å². The van der Waals surface area contributed by atoms with E-state index < -0.39 is 8.03 Å². The molecule has 1 atom stereocenters. The monoisotopic (exact) mass is 170 g/mol. The first kappa shape index (κ1) is 11.2. The standard InChI is InChI=1S/C6H13O2P.Na/c7-9(8)6-4-2-1-3-5-6;/h6,9H,1-5H2,(H,7,8);/q;+1/p-1. The molecule has 1 aliphatic carbocycles. The Morgan fingerprint density at radius 3 is 2.00 bits per heavy atom. The smallest absolute Gasteiger partial charge is 0.801 e. The van der Waals surface area contributed by atoms with Crippen molar-refractivity contribution in [1.29, 1.82) is 0 Å². The molecule has 10 heavy (non-hydrogen) atoms.